The number of carbonyl (C=O) groups is 2. The predicted molar refractivity (Wildman–Crippen MR) is 123 cm³/mol. The molecular weight excluding hydrogens is 441 g/mol. The van der Waals surface area contributed by atoms with Gasteiger partial charge in [-0.05, 0) is 36.6 Å². The highest BCUT2D eigenvalue weighted by molar-refractivity contribution is 7.09. The van der Waals surface area contributed by atoms with Crippen LogP contribution < -0.4 is 0 Å². The Bertz CT molecular complexity index is 896. The molecule has 1 aromatic carbocycles. The third-order valence-corrected chi connectivity index (χ3v) is 6.67. The molecule has 0 radical (unpaired) electrons. The van der Waals surface area contributed by atoms with Crippen LogP contribution in [-0.4, -0.2) is 65.3 Å². The second-order valence-corrected chi connectivity index (χ2v) is 9.09. The standard InChI is InChI=1S/C22H25Cl2N3O2S/c1-3-8-27(15-18-5-4-13-30-18)21(28)16(2)25-9-11-26(12-10-25)22(29)19-7-6-17(23)14-20(19)24/h3-7,13-14,16H,1,8-12,15H2,2H3. The van der Waals surface area contributed by atoms with E-state index in [1.807, 2.05) is 29.3 Å². The van der Waals surface area contributed by atoms with Gasteiger partial charge in [-0.15, -0.1) is 17.9 Å². The Morgan fingerprint density at radius 2 is 1.97 bits per heavy atom. The molecule has 2 heterocycles. The topological polar surface area (TPSA) is 43.9 Å². The lowest BCUT2D eigenvalue weighted by Crippen LogP contribution is -2.55. The Labute approximate surface area is 191 Å². The molecule has 1 aromatic heterocycles. The van der Waals surface area contributed by atoms with Crippen molar-refractivity contribution in [2.24, 2.45) is 0 Å². The molecule has 0 bridgehead atoms. The first-order chi connectivity index (χ1) is 14.4. The van der Waals surface area contributed by atoms with Crippen LogP contribution in [0.3, 0.4) is 0 Å². The number of carbonyl (C=O) groups excluding carboxylic acids is 2. The van der Waals surface area contributed by atoms with Crippen LogP contribution in [0.2, 0.25) is 10.0 Å². The van der Waals surface area contributed by atoms with Crippen LogP contribution in [0.4, 0.5) is 0 Å². The van der Waals surface area contributed by atoms with Gasteiger partial charge in [0.05, 0.1) is 23.2 Å². The molecule has 8 heteroatoms. The van der Waals surface area contributed by atoms with Crippen molar-refractivity contribution in [2.75, 3.05) is 32.7 Å². The number of piperazine rings is 1. The molecule has 160 valence electrons. The van der Waals surface area contributed by atoms with Crippen LogP contribution in [0.5, 0.6) is 0 Å². The summed E-state index contributed by atoms with van der Waals surface area (Å²) in [5.74, 6) is -0.0369. The smallest absolute Gasteiger partial charge is 0.255 e. The quantitative estimate of drug-likeness (QED) is 0.568. The van der Waals surface area contributed by atoms with Gasteiger partial charge >= 0.3 is 0 Å². The molecule has 0 aliphatic carbocycles. The van der Waals surface area contributed by atoms with E-state index in [0.717, 1.165) is 4.88 Å². The zero-order valence-electron chi connectivity index (χ0n) is 16.9. The average molecular weight is 466 g/mol. The first-order valence-corrected chi connectivity index (χ1v) is 11.4. The van der Waals surface area contributed by atoms with Crippen molar-refractivity contribution in [3.05, 3.63) is 68.9 Å². The van der Waals surface area contributed by atoms with Gasteiger partial charge in [0, 0.05) is 42.6 Å². The van der Waals surface area contributed by atoms with E-state index in [1.165, 1.54) is 0 Å². The summed E-state index contributed by atoms with van der Waals surface area (Å²) in [6, 6.07) is 8.66. The number of hydrogen-bond donors (Lipinski definition) is 0. The lowest BCUT2D eigenvalue weighted by Gasteiger charge is -2.39. The fourth-order valence-electron chi connectivity index (χ4n) is 3.54. The van der Waals surface area contributed by atoms with Crippen molar-refractivity contribution >= 4 is 46.4 Å². The predicted octanol–water partition coefficient (Wildman–Crippen LogP) is 4.42. The molecule has 1 atom stereocenters. The summed E-state index contributed by atoms with van der Waals surface area (Å²) in [6.07, 6.45) is 1.75. The number of rotatable bonds is 7. The summed E-state index contributed by atoms with van der Waals surface area (Å²) in [4.78, 5) is 32.8. The molecule has 0 saturated carbocycles. The monoisotopic (exact) mass is 465 g/mol. The summed E-state index contributed by atoms with van der Waals surface area (Å²) in [6.45, 7) is 9.16. The van der Waals surface area contributed by atoms with Crippen LogP contribution >= 0.6 is 34.5 Å². The number of halogens is 2. The summed E-state index contributed by atoms with van der Waals surface area (Å²) < 4.78 is 0. The first kappa shape index (κ1) is 22.8. The van der Waals surface area contributed by atoms with E-state index in [9.17, 15) is 9.59 Å². The third kappa shape index (κ3) is 5.43. The maximum absolute atomic E-state index is 13.1. The number of thiophene rings is 1. The molecule has 1 fully saturated rings. The molecule has 1 aliphatic rings. The zero-order valence-corrected chi connectivity index (χ0v) is 19.2. The normalized spacial score (nSPS) is 15.6. The van der Waals surface area contributed by atoms with E-state index in [1.54, 1.807) is 40.5 Å². The first-order valence-electron chi connectivity index (χ1n) is 9.81. The summed E-state index contributed by atoms with van der Waals surface area (Å²) in [5.41, 5.74) is 0.451. The van der Waals surface area contributed by atoms with Crippen LogP contribution in [-0.2, 0) is 11.3 Å². The molecule has 2 amide bonds. The minimum Gasteiger partial charge on any atom is -0.336 e. The molecule has 1 saturated heterocycles. The van der Waals surface area contributed by atoms with Crippen LogP contribution in [0.25, 0.3) is 0 Å². The largest absolute Gasteiger partial charge is 0.336 e. The zero-order chi connectivity index (χ0) is 21.7. The fourth-order valence-corrected chi connectivity index (χ4v) is 4.75. The minimum atomic E-state index is -0.263. The van der Waals surface area contributed by atoms with E-state index < -0.39 is 0 Å². The van der Waals surface area contributed by atoms with Gasteiger partial charge in [0.1, 0.15) is 0 Å². The molecule has 1 unspecified atom stereocenters. The number of nitrogens with zero attached hydrogens (tertiary/aromatic N) is 3. The summed E-state index contributed by atoms with van der Waals surface area (Å²) in [7, 11) is 0. The van der Waals surface area contributed by atoms with Crippen LogP contribution in [0.15, 0.2) is 48.4 Å². The lowest BCUT2D eigenvalue weighted by molar-refractivity contribution is -0.137. The van der Waals surface area contributed by atoms with Crippen molar-refractivity contribution in [1.82, 2.24) is 14.7 Å². The highest BCUT2D eigenvalue weighted by atomic mass is 35.5. The van der Waals surface area contributed by atoms with Gasteiger partial charge in [0.15, 0.2) is 0 Å². The van der Waals surface area contributed by atoms with Gasteiger partial charge in [-0.2, -0.15) is 0 Å². The Hall–Kier alpha value is -1.86. The average Bonchev–Trinajstić information content (AvgIpc) is 3.25. The number of amides is 2. The highest BCUT2D eigenvalue weighted by Crippen LogP contribution is 2.23. The van der Waals surface area contributed by atoms with Crippen molar-refractivity contribution < 1.29 is 9.59 Å². The van der Waals surface area contributed by atoms with Gasteiger partial charge in [-0.1, -0.05) is 35.3 Å². The molecule has 30 heavy (non-hydrogen) atoms. The number of benzene rings is 1. The fraction of sp³-hybridized carbons (Fsp3) is 0.364. The van der Waals surface area contributed by atoms with Gasteiger partial charge in [0.2, 0.25) is 5.91 Å². The minimum absolute atomic E-state index is 0.0730. The molecule has 1 aliphatic heterocycles. The van der Waals surface area contributed by atoms with Crippen LogP contribution in [0, 0.1) is 0 Å². The van der Waals surface area contributed by atoms with Gasteiger partial charge in [-0.3, -0.25) is 14.5 Å². The highest BCUT2D eigenvalue weighted by Gasteiger charge is 2.30. The maximum atomic E-state index is 13.1. The maximum Gasteiger partial charge on any atom is 0.255 e. The van der Waals surface area contributed by atoms with E-state index >= 15 is 0 Å². The Morgan fingerprint density at radius 3 is 2.57 bits per heavy atom. The lowest BCUT2D eigenvalue weighted by atomic mass is 10.1. The van der Waals surface area contributed by atoms with E-state index in [-0.39, 0.29) is 17.9 Å². The van der Waals surface area contributed by atoms with E-state index in [4.69, 9.17) is 23.2 Å². The second-order valence-electron chi connectivity index (χ2n) is 7.22. The molecule has 0 N–H and O–H groups in total. The van der Waals surface area contributed by atoms with Crippen molar-refractivity contribution in [3.63, 3.8) is 0 Å². The van der Waals surface area contributed by atoms with E-state index in [0.29, 0.717) is 54.9 Å². The molecular formula is C22H25Cl2N3O2S. The van der Waals surface area contributed by atoms with Crippen molar-refractivity contribution in [2.45, 2.75) is 19.5 Å². The van der Waals surface area contributed by atoms with Gasteiger partial charge < -0.3 is 9.80 Å². The van der Waals surface area contributed by atoms with Gasteiger partial charge in [0.25, 0.3) is 5.91 Å². The van der Waals surface area contributed by atoms with Crippen molar-refractivity contribution in [3.8, 4) is 0 Å². The number of hydrogen-bond acceptors (Lipinski definition) is 4. The Kier molecular flexibility index (Phi) is 7.94. The summed E-state index contributed by atoms with van der Waals surface area (Å²) >= 11 is 13.8. The third-order valence-electron chi connectivity index (χ3n) is 5.26. The molecule has 5 nitrogen and oxygen atoms in total. The Morgan fingerprint density at radius 1 is 1.23 bits per heavy atom. The molecule has 2 aromatic rings. The summed E-state index contributed by atoms with van der Waals surface area (Å²) in [5, 5.41) is 2.87. The second kappa shape index (κ2) is 10.4. The van der Waals surface area contributed by atoms with Crippen molar-refractivity contribution in [1.29, 1.82) is 0 Å². The van der Waals surface area contributed by atoms with E-state index in [2.05, 4.69) is 11.5 Å². The molecule has 0 spiro atoms. The Balaban J connectivity index is 1.59. The van der Waals surface area contributed by atoms with Crippen LogP contribution in [0.1, 0.15) is 22.2 Å². The molecule has 3 rings (SSSR count). The SMILES string of the molecule is C=CCN(Cc1cccs1)C(=O)C(C)N1CCN(C(=O)c2ccc(Cl)cc2Cl)CC1. The van der Waals surface area contributed by atoms with Gasteiger partial charge in [-0.25, -0.2) is 0 Å².